The van der Waals surface area contributed by atoms with Crippen molar-refractivity contribution < 1.29 is 14.3 Å². The van der Waals surface area contributed by atoms with Crippen LogP contribution in [0.2, 0.25) is 0 Å². The molecule has 0 aliphatic rings. The van der Waals surface area contributed by atoms with Crippen LogP contribution >= 0.6 is 0 Å². The molecule has 6 nitrogen and oxygen atoms in total. The van der Waals surface area contributed by atoms with E-state index in [2.05, 4.69) is 29.8 Å². The zero-order valence-corrected chi connectivity index (χ0v) is 19.2. The Kier molecular flexibility index (Phi) is 7.71. The predicted octanol–water partition coefficient (Wildman–Crippen LogP) is 4.70. The number of carbonyl (C=O) groups excluding carboxylic acids is 2. The maximum atomic E-state index is 13.2. The van der Waals surface area contributed by atoms with Crippen molar-refractivity contribution in [3.8, 4) is 5.75 Å². The number of rotatable bonds is 9. The minimum absolute atomic E-state index is 0.214. The molecule has 168 valence electrons. The summed E-state index contributed by atoms with van der Waals surface area (Å²) in [6.45, 7) is 5.60. The smallest absolute Gasteiger partial charge is 0.270 e. The zero-order chi connectivity index (χ0) is 23.1. The van der Waals surface area contributed by atoms with E-state index in [1.807, 2.05) is 24.4 Å². The SMILES string of the molecule is CCCCN(C)C(=O)/C(=C/c1cn(CC)c2ccccc12)NC(=O)c1ccc(OC)cc1. The van der Waals surface area contributed by atoms with Crippen LogP contribution in [0.1, 0.15) is 42.6 Å². The first-order valence-electron chi connectivity index (χ1n) is 11.0. The number of nitrogens with one attached hydrogen (secondary N) is 1. The number of para-hydroxylation sites is 1. The van der Waals surface area contributed by atoms with E-state index in [0.717, 1.165) is 35.9 Å². The molecule has 3 aromatic rings. The Hall–Kier alpha value is -3.54. The minimum Gasteiger partial charge on any atom is -0.497 e. The van der Waals surface area contributed by atoms with Gasteiger partial charge >= 0.3 is 0 Å². The van der Waals surface area contributed by atoms with Crippen LogP contribution in [0, 0.1) is 0 Å². The Morgan fingerprint density at radius 1 is 1.09 bits per heavy atom. The molecule has 0 atom stereocenters. The van der Waals surface area contributed by atoms with Crippen molar-refractivity contribution in [2.24, 2.45) is 0 Å². The summed E-state index contributed by atoms with van der Waals surface area (Å²) in [5.74, 6) is 0.115. The summed E-state index contributed by atoms with van der Waals surface area (Å²) in [7, 11) is 3.34. The van der Waals surface area contributed by atoms with E-state index in [4.69, 9.17) is 4.74 Å². The maximum Gasteiger partial charge on any atom is 0.270 e. The lowest BCUT2D eigenvalue weighted by atomic mass is 10.1. The molecule has 32 heavy (non-hydrogen) atoms. The summed E-state index contributed by atoms with van der Waals surface area (Å²) in [6.07, 6.45) is 5.68. The highest BCUT2D eigenvalue weighted by Crippen LogP contribution is 2.24. The van der Waals surface area contributed by atoms with Crippen LogP contribution < -0.4 is 10.1 Å². The third-order valence-electron chi connectivity index (χ3n) is 5.48. The number of hydrogen-bond acceptors (Lipinski definition) is 3. The quantitative estimate of drug-likeness (QED) is 0.498. The molecule has 2 aromatic carbocycles. The van der Waals surface area contributed by atoms with Gasteiger partial charge in [0.2, 0.25) is 0 Å². The number of unbranched alkanes of at least 4 members (excludes halogenated alkanes) is 1. The molecule has 0 saturated heterocycles. The van der Waals surface area contributed by atoms with E-state index < -0.39 is 0 Å². The highest BCUT2D eigenvalue weighted by molar-refractivity contribution is 6.06. The first-order valence-corrected chi connectivity index (χ1v) is 11.0. The van der Waals surface area contributed by atoms with Gasteiger partial charge in [-0.15, -0.1) is 0 Å². The monoisotopic (exact) mass is 433 g/mol. The maximum absolute atomic E-state index is 13.2. The van der Waals surface area contributed by atoms with E-state index in [1.165, 1.54) is 0 Å². The van der Waals surface area contributed by atoms with Gasteiger partial charge in [0.1, 0.15) is 11.4 Å². The second-order valence-corrected chi connectivity index (χ2v) is 7.71. The number of methoxy groups -OCH3 is 1. The van der Waals surface area contributed by atoms with Gasteiger partial charge in [-0.05, 0) is 49.8 Å². The number of amides is 2. The van der Waals surface area contributed by atoms with Crippen molar-refractivity contribution in [3.05, 3.63) is 71.6 Å². The van der Waals surface area contributed by atoms with Crippen molar-refractivity contribution in [3.63, 3.8) is 0 Å². The minimum atomic E-state index is -0.338. The average Bonchev–Trinajstić information content (AvgIpc) is 3.19. The normalized spacial score (nSPS) is 11.4. The van der Waals surface area contributed by atoms with E-state index in [-0.39, 0.29) is 17.5 Å². The van der Waals surface area contributed by atoms with Crippen LogP contribution in [-0.4, -0.2) is 42.0 Å². The van der Waals surface area contributed by atoms with Crippen LogP contribution in [0.3, 0.4) is 0 Å². The number of hydrogen-bond donors (Lipinski definition) is 1. The second kappa shape index (κ2) is 10.7. The molecule has 0 aliphatic heterocycles. The van der Waals surface area contributed by atoms with Crippen molar-refractivity contribution in [1.82, 2.24) is 14.8 Å². The standard InChI is InChI=1S/C26H31N3O3/c1-5-7-16-28(3)26(31)23(27-25(30)19-12-14-21(32-4)15-13-19)17-20-18-29(6-2)24-11-9-8-10-22(20)24/h8-15,17-18H,5-7,16H2,1-4H3,(H,27,30)/b23-17-. The molecular formula is C26H31N3O3. The highest BCUT2D eigenvalue weighted by Gasteiger charge is 2.19. The molecule has 0 aliphatic carbocycles. The Bertz CT molecular complexity index is 1110. The molecule has 0 radical (unpaired) electrons. The number of aromatic nitrogens is 1. The van der Waals surface area contributed by atoms with E-state index in [1.54, 1.807) is 49.4 Å². The van der Waals surface area contributed by atoms with Gasteiger partial charge in [0, 0.05) is 48.4 Å². The lowest BCUT2D eigenvalue weighted by Crippen LogP contribution is -2.36. The van der Waals surface area contributed by atoms with Crippen LogP contribution in [0.4, 0.5) is 0 Å². The molecule has 0 fully saturated rings. The first kappa shape index (κ1) is 23.1. The number of carbonyl (C=O) groups is 2. The number of ether oxygens (including phenoxy) is 1. The predicted molar refractivity (Wildman–Crippen MR) is 129 cm³/mol. The summed E-state index contributed by atoms with van der Waals surface area (Å²) in [6, 6.07) is 14.9. The lowest BCUT2D eigenvalue weighted by Gasteiger charge is -2.19. The fourth-order valence-electron chi connectivity index (χ4n) is 3.60. The van der Waals surface area contributed by atoms with Gasteiger partial charge in [-0.2, -0.15) is 0 Å². The summed E-state index contributed by atoms with van der Waals surface area (Å²) >= 11 is 0. The molecule has 1 heterocycles. The number of benzene rings is 2. The van der Waals surface area contributed by atoms with Gasteiger partial charge in [-0.25, -0.2) is 0 Å². The molecule has 6 heteroatoms. The van der Waals surface area contributed by atoms with Crippen molar-refractivity contribution >= 4 is 28.8 Å². The Morgan fingerprint density at radius 2 is 1.81 bits per heavy atom. The largest absolute Gasteiger partial charge is 0.497 e. The summed E-state index contributed by atoms with van der Waals surface area (Å²) in [5.41, 5.74) is 2.69. The molecule has 1 N–H and O–H groups in total. The van der Waals surface area contributed by atoms with Crippen LogP contribution in [-0.2, 0) is 11.3 Å². The molecule has 0 spiro atoms. The fraction of sp³-hybridized carbons (Fsp3) is 0.308. The average molecular weight is 434 g/mol. The molecule has 0 bridgehead atoms. The number of fused-ring (bicyclic) bond motifs is 1. The van der Waals surface area contributed by atoms with Crippen molar-refractivity contribution in [2.45, 2.75) is 33.2 Å². The lowest BCUT2D eigenvalue weighted by molar-refractivity contribution is -0.126. The third kappa shape index (κ3) is 5.19. The fourth-order valence-corrected chi connectivity index (χ4v) is 3.60. The van der Waals surface area contributed by atoms with Gasteiger partial charge in [-0.3, -0.25) is 9.59 Å². The van der Waals surface area contributed by atoms with Gasteiger partial charge in [0.25, 0.3) is 11.8 Å². The summed E-state index contributed by atoms with van der Waals surface area (Å²) < 4.78 is 7.30. The van der Waals surface area contributed by atoms with Crippen LogP contribution in [0.5, 0.6) is 5.75 Å². The van der Waals surface area contributed by atoms with Crippen molar-refractivity contribution in [1.29, 1.82) is 0 Å². The van der Waals surface area contributed by atoms with Gasteiger partial charge in [-0.1, -0.05) is 31.5 Å². The van der Waals surface area contributed by atoms with Gasteiger partial charge in [0.05, 0.1) is 7.11 Å². The molecule has 0 unspecified atom stereocenters. The van der Waals surface area contributed by atoms with E-state index >= 15 is 0 Å². The number of likely N-dealkylation sites (N-methyl/N-ethyl adjacent to an activating group) is 1. The molecule has 2 amide bonds. The van der Waals surface area contributed by atoms with E-state index in [9.17, 15) is 9.59 Å². The molecular weight excluding hydrogens is 402 g/mol. The zero-order valence-electron chi connectivity index (χ0n) is 19.2. The van der Waals surface area contributed by atoms with E-state index in [0.29, 0.717) is 17.9 Å². The topological polar surface area (TPSA) is 63.6 Å². The van der Waals surface area contributed by atoms with Gasteiger partial charge < -0.3 is 19.5 Å². The number of aryl methyl sites for hydroxylation is 1. The molecule has 3 rings (SSSR count). The number of nitrogens with zero attached hydrogens (tertiary/aromatic N) is 2. The Balaban J connectivity index is 1.98. The Morgan fingerprint density at radius 3 is 2.47 bits per heavy atom. The van der Waals surface area contributed by atoms with Crippen molar-refractivity contribution in [2.75, 3.05) is 20.7 Å². The molecule has 0 saturated carbocycles. The van der Waals surface area contributed by atoms with Crippen LogP contribution in [0.25, 0.3) is 17.0 Å². The highest BCUT2D eigenvalue weighted by atomic mass is 16.5. The summed E-state index contributed by atoms with van der Waals surface area (Å²) in [5, 5.41) is 3.89. The first-order chi connectivity index (χ1) is 15.5. The molecule has 1 aromatic heterocycles. The van der Waals surface area contributed by atoms with Crippen LogP contribution in [0.15, 0.2) is 60.4 Å². The Labute approximate surface area is 189 Å². The third-order valence-corrected chi connectivity index (χ3v) is 5.48. The second-order valence-electron chi connectivity index (χ2n) is 7.71. The van der Waals surface area contributed by atoms with Gasteiger partial charge in [0.15, 0.2) is 0 Å². The summed E-state index contributed by atoms with van der Waals surface area (Å²) in [4.78, 5) is 27.8.